The molecule has 0 aliphatic carbocycles. The third-order valence-electron chi connectivity index (χ3n) is 5.00. The third-order valence-corrected chi connectivity index (χ3v) is 6.41. The van der Waals surface area contributed by atoms with Crippen LogP contribution in [0.3, 0.4) is 0 Å². The lowest BCUT2D eigenvalue weighted by Gasteiger charge is -2.17. The van der Waals surface area contributed by atoms with Gasteiger partial charge in [-0.3, -0.25) is 4.79 Å². The smallest absolute Gasteiger partial charge is 0.240 e. The number of hydrogen-bond donors (Lipinski definition) is 4. The molecule has 0 spiro atoms. The maximum atomic E-state index is 12.0. The average molecular weight is 388 g/mol. The Morgan fingerprint density at radius 2 is 1.74 bits per heavy atom. The predicted octanol–water partition coefficient (Wildman–Crippen LogP) is 2.20. The molecule has 0 aromatic heterocycles. The summed E-state index contributed by atoms with van der Waals surface area (Å²) in [4.78, 5) is 12.0. The SMILES string of the molecule is CNS(=O)(=O)c1ccc(C2Nc3cc4c(cc3N2)C(C)C(=O)N4)c(OC)c1. The molecule has 0 bridgehead atoms. The van der Waals surface area contributed by atoms with Crippen molar-refractivity contribution >= 4 is 33.0 Å². The summed E-state index contributed by atoms with van der Waals surface area (Å²) >= 11 is 0. The highest BCUT2D eigenvalue weighted by Crippen LogP contribution is 2.44. The standard InChI is InChI=1S/C18H20N4O4S/c1-9-12-7-14-15(8-13(12)22-18(9)23)21-17(20-14)11-5-4-10(6-16(11)26-3)27(24,25)19-2/h4-9,17,19-21H,1-3H3,(H,22,23). The number of amides is 1. The van der Waals surface area contributed by atoms with Crippen LogP contribution in [-0.2, 0) is 14.8 Å². The first kappa shape index (κ1) is 17.6. The summed E-state index contributed by atoms with van der Waals surface area (Å²) in [6.07, 6.45) is -0.283. The van der Waals surface area contributed by atoms with Crippen molar-refractivity contribution < 1.29 is 17.9 Å². The van der Waals surface area contributed by atoms with Crippen LogP contribution >= 0.6 is 0 Å². The minimum absolute atomic E-state index is 0.00627. The van der Waals surface area contributed by atoms with Crippen molar-refractivity contribution in [3.8, 4) is 5.75 Å². The quantitative estimate of drug-likeness (QED) is 0.639. The number of hydrogen-bond acceptors (Lipinski definition) is 6. The van der Waals surface area contributed by atoms with Gasteiger partial charge in [0, 0.05) is 17.3 Å². The molecule has 27 heavy (non-hydrogen) atoms. The maximum Gasteiger partial charge on any atom is 0.240 e. The first-order valence-electron chi connectivity index (χ1n) is 8.47. The number of nitrogens with one attached hydrogen (secondary N) is 4. The zero-order valence-electron chi connectivity index (χ0n) is 15.1. The van der Waals surface area contributed by atoms with Crippen molar-refractivity contribution in [3.05, 3.63) is 41.5 Å². The summed E-state index contributed by atoms with van der Waals surface area (Å²) < 4.78 is 31.8. The highest BCUT2D eigenvalue weighted by Gasteiger charge is 2.31. The summed E-state index contributed by atoms with van der Waals surface area (Å²) in [7, 11) is -0.685. The second-order valence-electron chi connectivity index (χ2n) is 6.53. The van der Waals surface area contributed by atoms with Crippen LogP contribution in [-0.4, -0.2) is 28.5 Å². The van der Waals surface area contributed by atoms with Crippen LogP contribution in [0.2, 0.25) is 0 Å². The number of ether oxygens (including phenoxy) is 1. The Hall–Kier alpha value is -2.78. The monoisotopic (exact) mass is 388 g/mol. The topological polar surface area (TPSA) is 109 Å². The Balaban J connectivity index is 1.67. The molecule has 0 saturated heterocycles. The third kappa shape index (κ3) is 2.79. The summed E-state index contributed by atoms with van der Waals surface area (Å²) in [5.41, 5.74) is 4.29. The molecule has 0 saturated carbocycles. The maximum absolute atomic E-state index is 12.0. The first-order chi connectivity index (χ1) is 12.8. The van der Waals surface area contributed by atoms with Crippen molar-refractivity contribution in [2.75, 3.05) is 30.1 Å². The molecule has 2 aromatic rings. The van der Waals surface area contributed by atoms with Crippen LogP contribution in [0.25, 0.3) is 0 Å². The minimum Gasteiger partial charge on any atom is -0.496 e. The first-order valence-corrected chi connectivity index (χ1v) is 9.95. The molecule has 0 fully saturated rings. The Labute approximate surface area is 157 Å². The van der Waals surface area contributed by atoms with Gasteiger partial charge in [-0.1, -0.05) is 6.07 Å². The Morgan fingerprint density at radius 1 is 1.04 bits per heavy atom. The van der Waals surface area contributed by atoms with Crippen LogP contribution in [0.15, 0.2) is 35.2 Å². The van der Waals surface area contributed by atoms with Crippen LogP contribution < -0.4 is 25.4 Å². The van der Waals surface area contributed by atoms with Crippen LogP contribution in [0.4, 0.5) is 17.1 Å². The molecule has 9 heteroatoms. The van der Waals surface area contributed by atoms with Gasteiger partial charge >= 0.3 is 0 Å². The lowest BCUT2D eigenvalue weighted by molar-refractivity contribution is -0.116. The number of sulfonamides is 1. The van der Waals surface area contributed by atoms with E-state index in [-0.39, 0.29) is 22.9 Å². The molecular formula is C18H20N4O4S. The molecule has 4 rings (SSSR count). The molecule has 2 atom stereocenters. The van der Waals surface area contributed by atoms with Gasteiger partial charge in [0.15, 0.2) is 0 Å². The minimum atomic E-state index is -3.55. The van der Waals surface area contributed by atoms with Gasteiger partial charge in [-0.05, 0) is 37.7 Å². The van der Waals surface area contributed by atoms with E-state index < -0.39 is 10.0 Å². The van der Waals surface area contributed by atoms with Crippen molar-refractivity contribution in [1.82, 2.24) is 4.72 Å². The molecule has 1 amide bonds. The van der Waals surface area contributed by atoms with Crippen molar-refractivity contribution in [3.63, 3.8) is 0 Å². The van der Waals surface area contributed by atoms with Crippen LogP contribution in [0, 0.1) is 0 Å². The number of methoxy groups -OCH3 is 1. The van der Waals surface area contributed by atoms with Gasteiger partial charge in [0.05, 0.1) is 29.3 Å². The van der Waals surface area contributed by atoms with Crippen LogP contribution in [0.1, 0.15) is 30.1 Å². The fraction of sp³-hybridized carbons (Fsp3) is 0.278. The summed E-state index contributed by atoms with van der Waals surface area (Å²) in [5, 5.41) is 9.60. The van der Waals surface area contributed by atoms with E-state index in [9.17, 15) is 13.2 Å². The zero-order chi connectivity index (χ0) is 19.3. The molecular weight excluding hydrogens is 368 g/mol. The predicted molar refractivity (Wildman–Crippen MR) is 103 cm³/mol. The van der Waals surface area contributed by atoms with E-state index in [0.717, 1.165) is 28.2 Å². The Morgan fingerprint density at radius 3 is 2.41 bits per heavy atom. The normalized spacial score (nSPS) is 20.3. The fourth-order valence-corrected chi connectivity index (χ4v) is 4.17. The zero-order valence-corrected chi connectivity index (χ0v) is 15.9. The van der Waals surface area contributed by atoms with E-state index in [1.807, 2.05) is 19.1 Å². The Kier molecular flexibility index (Phi) is 4.01. The van der Waals surface area contributed by atoms with E-state index in [1.165, 1.54) is 26.3 Å². The molecule has 0 radical (unpaired) electrons. The van der Waals surface area contributed by atoms with E-state index in [2.05, 4.69) is 20.7 Å². The second-order valence-corrected chi connectivity index (χ2v) is 8.42. The highest BCUT2D eigenvalue weighted by molar-refractivity contribution is 7.89. The molecule has 4 N–H and O–H groups in total. The lowest BCUT2D eigenvalue weighted by Crippen LogP contribution is -2.19. The average Bonchev–Trinajstić information content (AvgIpc) is 3.19. The number of carbonyl (C=O) groups excluding carboxylic acids is 1. The second kappa shape index (κ2) is 6.14. The molecule has 2 aromatic carbocycles. The fourth-order valence-electron chi connectivity index (χ4n) is 3.42. The molecule has 2 aliphatic rings. The van der Waals surface area contributed by atoms with E-state index >= 15 is 0 Å². The van der Waals surface area contributed by atoms with Crippen molar-refractivity contribution in [2.45, 2.75) is 23.9 Å². The van der Waals surface area contributed by atoms with Gasteiger partial charge in [-0.15, -0.1) is 0 Å². The number of fused-ring (bicyclic) bond motifs is 2. The van der Waals surface area contributed by atoms with E-state index in [4.69, 9.17) is 4.74 Å². The summed E-state index contributed by atoms with van der Waals surface area (Å²) in [5.74, 6) is 0.262. The molecule has 142 valence electrons. The highest BCUT2D eigenvalue weighted by atomic mass is 32.2. The van der Waals surface area contributed by atoms with E-state index in [0.29, 0.717) is 5.75 Å². The van der Waals surface area contributed by atoms with Crippen LogP contribution in [0.5, 0.6) is 5.75 Å². The van der Waals surface area contributed by atoms with Gasteiger partial charge in [-0.2, -0.15) is 0 Å². The van der Waals surface area contributed by atoms with Gasteiger partial charge in [0.2, 0.25) is 15.9 Å². The van der Waals surface area contributed by atoms with Gasteiger partial charge in [-0.25, -0.2) is 13.1 Å². The van der Waals surface area contributed by atoms with Gasteiger partial charge < -0.3 is 20.7 Å². The number of benzene rings is 2. The summed E-state index contributed by atoms with van der Waals surface area (Å²) in [6.45, 7) is 1.87. The van der Waals surface area contributed by atoms with Crippen molar-refractivity contribution in [1.29, 1.82) is 0 Å². The Bertz CT molecular complexity index is 1050. The lowest BCUT2D eigenvalue weighted by atomic mass is 10.0. The van der Waals surface area contributed by atoms with Gasteiger partial charge in [0.25, 0.3) is 0 Å². The molecule has 2 heterocycles. The molecule has 2 unspecified atom stereocenters. The van der Waals surface area contributed by atoms with Crippen molar-refractivity contribution in [2.24, 2.45) is 0 Å². The van der Waals surface area contributed by atoms with Gasteiger partial charge in [0.1, 0.15) is 11.9 Å². The number of rotatable bonds is 4. The number of carbonyl (C=O) groups is 1. The van der Waals surface area contributed by atoms with E-state index in [1.54, 1.807) is 6.07 Å². The largest absolute Gasteiger partial charge is 0.496 e. The number of anilines is 3. The molecule has 8 nitrogen and oxygen atoms in total. The molecule has 2 aliphatic heterocycles. The summed E-state index contributed by atoms with van der Waals surface area (Å²) in [6, 6.07) is 8.63.